The highest BCUT2D eigenvalue weighted by molar-refractivity contribution is 7.52. The van der Waals surface area contributed by atoms with Crippen LogP contribution < -0.4 is 21.0 Å². The van der Waals surface area contributed by atoms with Gasteiger partial charge >= 0.3 is 19.4 Å². The zero-order valence-corrected chi connectivity index (χ0v) is 24.8. The number of nitrogens with two attached hydrogens (primary N) is 1. The number of carbonyl (C=O) groups is 1. The van der Waals surface area contributed by atoms with Crippen LogP contribution in [-0.4, -0.2) is 55.8 Å². The van der Waals surface area contributed by atoms with Gasteiger partial charge in [-0.15, -0.1) is 0 Å². The lowest BCUT2D eigenvalue weighted by Crippen LogP contribution is -2.51. The first-order chi connectivity index (χ1) is 21.6. The van der Waals surface area contributed by atoms with Crippen LogP contribution in [0.4, 0.5) is 5.82 Å². The molecule has 2 fully saturated rings. The lowest BCUT2D eigenvalue weighted by atomic mass is 10.00. The van der Waals surface area contributed by atoms with E-state index in [9.17, 15) is 29.9 Å². The Morgan fingerprint density at radius 1 is 1.16 bits per heavy atom. The molecule has 45 heavy (non-hydrogen) atoms. The van der Waals surface area contributed by atoms with Crippen molar-refractivity contribution < 1.29 is 38.1 Å². The maximum Gasteiger partial charge on any atom is 0.459 e. The highest BCUT2D eigenvalue weighted by Crippen LogP contribution is 2.51. The molecule has 2 aliphatic rings. The van der Waals surface area contributed by atoms with Crippen molar-refractivity contribution in [3.63, 3.8) is 0 Å². The smallest absolute Gasteiger partial charge is 0.459 e. The SMILES string of the molecule is [N-]=[N+]=N[C@]1(COP(=O)(NC2(C(=O)OCc3ccccc3)CCCC2)Oc2ccccc2)O[C@@H](n2ccc(N)nc2=O)[C@H](O)[C@@H]1O. The highest BCUT2D eigenvalue weighted by atomic mass is 31.2. The van der Waals surface area contributed by atoms with E-state index in [1.807, 2.05) is 18.2 Å². The van der Waals surface area contributed by atoms with E-state index in [1.54, 1.807) is 30.3 Å². The van der Waals surface area contributed by atoms with Gasteiger partial charge < -0.3 is 29.9 Å². The number of nitrogens with zero attached hydrogens (tertiary/aromatic N) is 5. The minimum absolute atomic E-state index is 0.0214. The number of hydrogen-bond donors (Lipinski definition) is 4. The molecule has 0 spiro atoms. The first-order valence-corrected chi connectivity index (χ1v) is 15.6. The number of rotatable bonds is 12. The number of aliphatic hydroxyl groups is 2. The number of esters is 1. The van der Waals surface area contributed by atoms with Gasteiger partial charge in [-0.25, -0.2) is 9.36 Å². The van der Waals surface area contributed by atoms with Crippen LogP contribution in [0.2, 0.25) is 0 Å². The average Bonchev–Trinajstić information content (AvgIpc) is 3.60. The summed E-state index contributed by atoms with van der Waals surface area (Å²) in [4.78, 5) is 32.3. The van der Waals surface area contributed by atoms with Crippen molar-refractivity contribution in [1.29, 1.82) is 0 Å². The van der Waals surface area contributed by atoms with E-state index in [1.165, 1.54) is 24.4 Å². The molecule has 5 N–H and O–H groups in total. The van der Waals surface area contributed by atoms with Gasteiger partial charge in [-0.3, -0.25) is 13.9 Å². The lowest BCUT2D eigenvalue weighted by Gasteiger charge is -2.34. The molecule has 1 unspecified atom stereocenters. The summed E-state index contributed by atoms with van der Waals surface area (Å²) in [7, 11) is -4.58. The van der Waals surface area contributed by atoms with Crippen molar-refractivity contribution >= 4 is 19.5 Å². The monoisotopic (exact) mass is 641 g/mol. The summed E-state index contributed by atoms with van der Waals surface area (Å²) in [6, 6.07) is 18.3. The van der Waals surface area contributed by atoms with Crippen LogP contribution in [0.25, 0.3) is 10.4 Å². The molecule has 5 rings (SSSR count). The summed E-state index contributed by atoms with van der Waals surface area (Å²) in [6.45, 7) is -0.957. The Morgan fingerprint density at radius 3 is 2.47 bits per heavy atom. The minimum Gasteiger partial charge on any atom is -0.459 e. The number of nitrogens with one attached hydrogen (secondary N) is 1. The van der Waals surface area contributed by atoms with Crippen molar-refractivity contribution in [2.75, 3.05) is 12.3 Å². The highest BCUT2D eigenvalue weighted by Gasteiger charge is 2.57. The van der Waals surface area contributed by atoms with E-state index in [2.05, 4.69) is 20.1 Å². The van der Waals surface area contributed by atoms with E-state index in [4.69, 9.17) is 24.3 Å². The third-order valence-corrected chi connectivity index (χ3v) is 9.19. The van der Waals surface area contributed by atoms with Crippen LogP contribution in [-0.2, 0) is 30.0 Å². The van der Waals surface area contributed by atoms with Gasteiger partial charge in [-0.05, 0) is 42.1 Å². The number of ether oxygens (including phenoxy) is 2. The molecule has 2 heterocycles. The number of aromatic nitrogens is 2. The first-order valence-electron chi connectivity index (χ1n) is 14.0. The Hall–Kier alpha value is -4.27. The molecule has 1 saturated heterocycles. The average molecular weight is 642 g/mol. The van der Waals surface area contributed by atoms with Gasteiger partial charge in [-0.1, -0.05) is 66.5 Å². The third kappa shape index (κ3) is 7.02. The Kier molecular flexibility index (Phi) is 9.56. The molecule has 1 aliphatic heterocycles. The van der Waals surface area contributed by atoms with Gasteiger partial charge in [0, 0.05) is 11.1 Å². The molecule has 0 bridgehead atoms. The van der Waals surface area contributed by atoms with Gasteiger partial charge in [0.05, 0.1) is 6.61 Å². The van der Waals surface area contributed by atoms with Gasteiger partial charge in [0.15, 0.2) is 6.23 Å². The van der Waals surface area contributed by atoms with Gasteiger partial charge in [0.2, 0.25) is 5.72 Å². The number of aliphatic hydroxyl groups excluding tert-OH is 2. The molecular weight excluding hydrogens is 609 g/mol. The molecule has 2 aromatic carbocycles. The summed E-state index contributed by atoms with van der Waals surface area (Å²) >= 11 is 0. The fourth-order valence-corrected chi connectivity index (χ4v) is 7.02. The molecule has 238 valence electrons. The normalized spacial score (nSPS) is 25.2. The van der Waals surface area contributed by atoms with E-state index in [0.717, 1.165) is 10.1 Å². The zero-order chi connectivity index (χ0) is 32.1. The number of carbonyl (C=O) groups excluding carboxylic acids is 1. The summed E-state index contributed by atoms with van der Waals surface area (Å²) in [6.07, 6.45) is -2.48. The number of azide groups is 1. The van der Waals surface area contributed by atoms with E-state index in [-0.39, 0.29) is 31.0 Å². The van der Waals surface area contributed by atoms with Crippen LogP contribution in [0.1, 0.15) is 37.5 Å². The van der Waals surface area contributed by atoms with Crippen LogP contribution in [0.3, 0.4) is 0 Å². The first kappa shape index (κ1) is 32.1. The van der Waals surface area contributed by atoms with E-state index >= 15 is 0 Å². The third-order valence-electron chi connectivity index (χ3n) is 7.56. The van der Waals surface area contributed by atoms with Crippen LogP contribution >= 0.6 is 7.75 Å². The Balaban J connectivity index is 1.43. The number of benzene rings is 2. The molecule has 16 nitrogen and oxygen atoms in total. The van der Waals surface area contributed by atoms with Crippen molar-refractivity contribution in [1.82, 2.24) is 14.6 Å². The number of para-hydroxylation sites is 1. The quantitative estimate of drug-likeness (QED) is 0.0735. The molecule has 0 amide bonds. The minimum atomic E-state index is -4.58. The number of anilines is 1. The zero-order valence-electron chi connectivity index (χ0n) is 23.9. The second-order valence-electron chi connectivity index (χ2n) is 10.7. The summed E-state index contributed by atoms with van der Waals surface area (Å²) in [5.74, 6) is -0.652. The number of nitrogen functional groups attached to an aromatic ring is 1. The Labute approximate surface area is 256 Å². The predicted molar refractivity (Wildman–Crippen MR) is 158 cm³/mol. The van der Waals surface area contributed by atoms with E-state index < -0.39 is 55.7 Å². The molecule has 0 radical (unpaired) electrons. The molecular formula is C28H32N7O9P. The van der Waals surface area contributed by atoms with Crippen LogP contribution in [0.5, 0.6) is 5.75 Å². The summed E-state index contributed by atoms with van der Waals surface area (Å²) < 4.78 is 38.2. The fraction of sp³-hybridized carbons (Fsp3) is 0.393. The molecule has 3 aromatic rings. The standard InChI is InChI=1S/C28H32N7O9P/c29-21-13-16-35(26(39)31-21)24-22(36)23(37)28(43-24,32-34-30)18-42-45(40,44-20-11-5-2-6-12-20)33-27(14-7-8-15-27)25(38)41-17-19-9-3-1-4-10-19/h1-6,9-13,16,22-24,36-37H,7-8,14-15,17-18H2,(H,33,40)(H2,29,31,39)/t22-,23+,24-,28-,45?/m1/s1. The molecule has 1 aliphatic carbocycles. The molecule has 5 atom stereocenters. The number of hydrogen-bond acceptors (Lipinski definition) is 12. The molecule has 1 aromatic heterocycles. The second-order valence-corrected chi connectivity index (χ2v) is 12.3. The van der Waals surface area contributed by atoms with Gasteiger partial charge in [0.1, 0.15) is 35.9 Å². The Bertz CT molecular complexity index is 1650. The van der Waals surface area contributed by atoms with Gasteiger partial charge in [0.25, 0.3) is 0 Å². The summed E-state index contributed by atoms with van der Waals surface area (Å²) in [5, 5.41) is 28.1. The largest absolute Gasteiger partial charge is 0.459 e. The second kappa shape index (κ2) is 13.4. The van der Waals surface area contributed by atoms with Crippen molar-refractivity contribution in [2.45, 2.75) is 62.0 Å². The topological polar surface area (TPSA) is 233 Å². The van der Waals surface area contributed by atoms with Crippen molar-refractivity contribution in [2.24, 2.45) is 5.11 Å². The van der Waals surface area contributed by atoms with E-state index in [0.29, 0.717) is 12.8 Å². The van der Waals surface area contributed by atoms with Crippen molar-refractivity contribution in [3.8, 4) is 5.75 Å². The predicted octanol–water partition coefficient (Wildman–Crippen LogP) is 2.93. The fourth-order valence-electron chi connectivity index (χ4n) is 5.26. The molecule has 1 saturated carbocycles. The maximum absolute atomic E-state index is 14.5. The summed E-state index contributed by atoms with van der Waals surface area (Å²) in [5.41, 5.74) is 10.9. The Morgan fingerprint density at radius 2 is 1.82 bits per heavy atom. The van der Waals surface area contributed by atoms with Crippen molar-refractivity contribution in [3.05, 3.63) is 99.4 Å². The van der Waals surface area contributed by atoms with Crippen LogP contribution in [0, 0.1) is 0 Å². The lowest BCUT2D eigenvalue weighted by molar-refractivity contribution is -0.152. The van der Waals surface area contributed by atoms with Crippen LogP contribution in [0.15, 0.2) is 82.8 Å². The maximum atomic E-state index is 14.5. The molecule has 17 heteroatoms. The van der Waals surface area contributed by atoms with Gasteiger partial charge in [-0.2, -0.15) is 10.1 Å².